The summed E-state index contributed by atoms with van der Waals surface area (Å²) in [6.45, 7) is 6.55. The second-order valence-electron chi connectivity index (χ2n) is 5.23. The standard InChI is InChI=1S/C16H22N2S/c1-11-8-9-19-16(11)13(3)17-15-7-6-14(18(4)5)10-12(15)2/h6-10,13,17H,1-5H3. The number of hydrogen-bond donors (Lipinski definition) is 1. The van der Waals surface area contributed by atoms with Crippen LogP contribution in [0.4, 0.5) is 11.4 Å². The number of thiophene rings is 1. The van der Waals surface area contributed by atoms with Crippen molar-refractivity contribution in [1.82, 2.24) is 0 Å². The zero-order valence-corrected chi connectivity index (χ0v) is 13.1. The lowest BCUT2D eigenvalue weighted by Crippen LogP contribution is -2.10. The summed E-state index contributed by atoms with van der Waals surface area (Å²) >= 11 is 1.82. The number of aryl methyl sites for hydroxylation is 2. The molecule has 2 aromatic rings. The molecule has 0 saturated carbocycles. The molecule has 1 aromatic heterocycles. The van der Waals surface area contributed by atoms with E-state index in [9.17, 15) is 0 Å². The molecule has 0 aliphatic carbocycles. The summed E-state index contributed by atoms with van der Waals surface area (Å²) in [7, 11) is 4.14. The van der Waals surface area contributed by atoms with E-state index in [-0.39, 0.29) is 0 Å². The molecule has 1 atom stereocenters. The van der Waals surface area contributed by atoms with E-state index in [1.54, 1.807) is 0 Å². The zero-order chi connectivity index (χ0) is 14.0. The van der Waals surface area contributed by atoms with Crippen LogP contribution < -0.4 is 10.2 Å². The zero-order valence-electron chi connectivity index (χ0n) is 12.3. The van der Waals surface area contributed by atoms with Crippen molar-refractivity contribution in [3.8, 4) is 0 Å². The number of rotatable bonds is 4. The molecule has 1 heterocycles. The largest absolute Gasteiger partial charge is 0.378 e. The molecule has 0 fully saturated rings. The first-order valence-electron chi connectivity index (χ1n) is 6.57. The Morgan fingerprint density at radius 1 is 1.11 bits per heavy atom. The third kappa shape index (κ3) is 3.10. The smallest absolute Gasteiger partial charge is 0.0581 e. The average molecular weight is 274 g/mol. The van der Waals surface area contributed by atoms with E-state index in [0.717, 1.165) is 0 Å². The van der Waals surface area contributed by atoms with Gasteiger partial charge in [-0.3, -0.25) is 0 Å². The van der Waals surface area contributed by atoms with Gasteiger partial charge in [0.2, 0.25) is 0 Å². The highest BCUT2D eigenvalue weighted by Crippen LogP contribution is 2.29. The van der Waals surface area contributed by atoms with Gasteiger partial charge in [-0.05, 0) is 61.5 Å². The summed E-state index contributed by atoms with van der Waals surface area (Å²) in [5.74, 6) is 0. The minimum atomic E-state index is 0.351. The van der Waals surface area contributed by atoms with E-state index in [4.69, 9.17) is 0 Å². The molecule has 0 aliphatic heterocycles. The molecule has 0 bridgehead atoms. The molecule has 0 amide bonds. The highest BCUT2D eigenvalue weighted by atomic mass is 32.1. The van der Waals surface area contributed by atoms with Crippen LogP contribution in [-0.4, -0.2) is 14.1 Å². The molecule has 0 radical (unpaired) electrons. The fourth-order valence-electron chi connectivity index (χ4n) is 2.21. The van der Waals surface area contributed by atoms with Gasteiger partial charge in [-0.2, -0.15) is 0 Å². The van der Waals surface area contributed by atoms with Crippen LogP contribution in [0.5, 0.6) is 0 Å². The molecule has 3 heteroatoms. The molecule has 2 nitrogen and oxygen atoms in total. The molecule has 102 valence electrons. The maximum Gasteiger partial charge on any atom is 0.0581 e. The Kier molecular flexibility index (Phi) is 4.15. The summed E-state index contributed by atoms with van der Waals surface area (Å²) in [6.07, 6.45) is 0. The van der Waals surface area contributed by atoms with Gasteiger partial charge in [0.15, 0.2) is 0 Å². The van der Waals surface area contributed by atoms with Crippen LogP contribution in [0.1, 0.15) is 29.0 Å². The summed E-state index contributed by atoms with van der Waals surface area (Å²) in [5.41, 5.74) is 5.11. The average Bonchev–Trinajstić information content (AvgIpc) is 2.77. The first kappa shape index (κ1) is 13.9. The van der Waals surface area contributed by atoms with E-state index in [0.29, 0.717) is 6.04 Å². The van der Waals surface area contributed by atoms with Gasteiger partial charge in [-0.25, -0.2) is 0 Å². The van der Waals surface area contributed by atoms with Gasteiger partial charge in [0.25, 0.3) is 0 Å². The summed E-state index contributed by atoms with van der Waals surface area (Å²) in [5, 5.41) is 5.77. The van der Waals surface area contributed by atoms with Crippen molar-refractivity contribution in [2.24, 2.45) is 0 Å². The van der Waals surface area contributed by atoms with Crippen LogP contribution in [0, 0.1) is 13.8 Å². The third-order valence-corrected chi connectivity index (χ3v) is 4.60. The Morgan fingerprint density at radius 2 is 1.84 bits per heavy atom. The van der Waals surface area contributed by atoms with Crippen LogP contribution >= 0.6 is 11.3 Å². The van der Waals surface area contributed by atoms with E-state index in [1.165, 1.54) is 27.4 Å². The van der Waals surface area contributed by atoms with E-state index >= 15 is 0 Å². The Bertz CT molecular complexity index is 558. The summed E-state index contributed by atoms with van der Waals surface area (Å²) in [6, 6.07) is 9.08. The first-order chi connectivity index (χ1) is 8.99. The third-order valence-electron chi connectivity index (χ3n) is 3.39. The van der Waals surface area contributed by atoms with Crippen LogP contribution in [0.15, 0.2) is 29.6 Å². The number of anilines is 2. The van der Waals surface area contributed by atoms with E-state index in [1.807, 2.05) is 11.3 Å². The van der Waals surface area contributed by atoms with Crippen molar-refractivity contribution >= 4 is 22.7 Å². The topological polar surface area (TPSA) is 15.3 Å². The van der Waals surface area contributed by atoms with Crippen molar-refractivity contribution in [1.29, 1.82) is 0 Å². The van der Waals surface area contributed by atoms with Gasteiger partial charge in [0, 0.05) is 30.3 Å². The minimum Gasteiger partial charge on any atom is -0.378 e. The van der Waals surface area contributed by atoms with Crippen molar-refractivity contribution in [2.75, 3.05) is 24.3 Å². The molecule has 1 unspecified atom stereocenters. The normalized spacial score (nSPS) is 12.3. The second kappa shape index (κ2) is 5.66. The number of hydrogen-bond acceptors (Lipinski definition) is 3. The molecule has 1 N–H and O–H groups in total. The number of benzene rings is 1. The Labute approximate surface area is 120 Å². The maximum absolute atomic E-state index is 3.61. The van der Waals surface area contributed by atoms with Crippen LogP contribution in [0.2, 0.25) is 0 Å². The van der Waals surface area contributed by atoms with Gasteiger partial charge in [0.05, 0.1) is 6.04 Å². The van der Waals surface area contributed by atoms with E-state index < -0.39 is 0 Å². The molecule has 0 aliphatic rings. The lowest BCUT2D eigenvalue weighted by molar-refractivity contribution is 0.896. The SMILES string of the molecule is Cc1cc(N(C)C)ccc1NC(C)c1sccc1C. The van der Waals surface area contributed by atoms with Gasteiger partial charge < -0.3 is 10.2 Å². The summed E-state index contributed by atoms with van der Waals surface area (Å²) in [4.78, 5) is 3.54. The number of nitrogens with one attached hydrogen (secondary N) is 1. The minimum absolute atomic E-state index is 0.351. The van der Waals surface area contributed by atoms with Crippen LogP contribution in [0.3, 0.4) is 0 Å². The Balaban J connectivity index is 2.18. The second-order valence-corrected chi connectivity index (χ2v) is 6.18. The van der Waals surface area contributed by atoms with Crippen molar-refractivity contribution in [2.45, 2.75) is 26.8 Å². The Hall–Kier alpha value is -1.48. The number of nitrogens with zero attached hydrogens (tertiary/aromatic N) is 1. The molecule has 19 heavy (non-hydrogen) atoms. The van der Waals surface area contributed by atoms with Gasteiger partial charge >= 0.3 is 0 Å². The lowest BCUT2D eigenvalue weighted by atomic mass is 10.1. The lowest BCUT2D eigenvalue weighted by Gasteiger charge is -2.19. The van der Waals surface area contributed by atoms with Crippen molar-refractivity contribution in [3.63, 3.8) is 0 Å². The van der Waals surface area contributed by atoms with Crippen molar-refractivity contribution < 1.29 is 0 Å². The summed E-state index contributed by atoms with van der Waals surface area (Å²) < 4.78 is 0. The monoisotopic (exact) mass is 274 g/mol. The van der Waals surface area contributed by atoms with Crippen LogP contribution in [-0.2, 0) is 0 Å². The molecule has 0 spiro atoms. The maximum atomic E-state index is 3.61. The van der Waals surface area contributed by atoms with E-state index in [2.05, 4.69) is 74.7 Å². The predicted octanol–water partition coefficient (Wildman–Crippen LogP) is 4.60. The first-order valence-corrected chi connectivity index (χ1v) is 7.45. The quantitative estimate of drug-likeness (QED) is 0.876. The van der Waals surface area contributed by atoms with Crippen LogP contribution in [0.25, 0.3) is 0 Å². The fourth-order valence-corrected chi connectivity index (χ4v) is 3.15. The van der Waals surface area contributed by atoms with Crippen molar-refractivity contribution in [3.05, 3.63) is 45.6 Å². The van der Waals surface area contributed by atoms with Gasteiger partial charge in [-0.1, -0.05) is 0 Å². The molecule has 2 rings (SSSR count). The molecular weight excluding hydrogens is 252 g/mol. The highest BCUT2D eigenvalue weighted by molar-refractivity contribution is 7.10. The highest BCUT2D eigenvalue weighted by Gasteiger charge is 2.11. The molecule has 0 saturated heterocycles. The molecular formula is C16H22N2S. The van der Waals surface area contributed by atoms with Gasteiger partial charge in [0.1, 0.15) is 0 Å². The van der Waals surface area contributed by atoms with Gasteiger partial charge in [-0.15, -0.1) is 11.3 Å². The fraction of sp³-hybridized carbons (Fsp3) is 0.375. The Morgan fingerprint density at radius 3 is 2.37 bits per heavy atom. The molecule has 1 aromatic carbocycles. The predicted molar refractivity (Wildman–Crippen MR) is 86.6 cm³/mol.